The monoisotopic (exact) mass is 275 g/mol. The van der Waals surface area contributed by atoms with Gasteiger partial charge in [0.25, 0.3) is 5.91 Å². The molecule has 1 amide bonds. The van der Waals surface area contributed by atoms with Crippen LogP contribution in [-0.4, -0.2) is 12.2 Å². The number of hydrogen-bond acceptors (Lipinski definition) is 2. The Kier molecular flexibility index (Phi) is 3.89. The zero-order valence-corrected chi connectivity index (χ0v) is 10.6. The first-order valence-electron chi connectivity index (χ1n) is 5.83. The van der Waals surface area contributed by atoms with Gasteiger partial charge in [-0.1, -0.05) is 0 Å². The summed E-state index contributed by atoms with van der Waals surface area (Å²) in [4.78, 5) is 22.4. The summed E-state index contributed by atoms with van der Waals surface area (Å²) in [6, 6.07) is 7.93. The van der Waals surface area contributed by atoms with Gasteiger partial charge >= 0.3 is 0 Å². The summed E-state index contributed by atoms with van der Waals surface area (Å²) in [5.74, 6) is -2.30. The first kappa shape index (κ1) is 13.9. The van der Waals surface area contributed by atoms with Crippen LogP contribution in [-0.2, 0) is 0 Å². The molecule has 0 spiro atoms. The van der Waals surface area contributed by atoms with Gasteiger partial charge in [-0.25, -0.2) is 8.78 Å². The van der Waals surface area contributed by atoms with E-state index in [0.29, 0.717) is 23.6 Å². The molecule has 0 saturated heterocycles. The number of aryl methyl sites for hydroxylation is 1. The lowest BCUT2D eigenvalue weighted by Crippen LogP contribution is -2.14. The topological polar surface area (TPSA) is 46.2 Å². The highest BCUT2D eigenvalue weighted by molar-refractivity contribution is 6.04. The van der Waals surface area contributed by atoms with Gasteiger partial charge in [-0.3, -0.25) is 9.59 Å². The Morgan fingerprint density at radius 2 is 1.75 bits per heavy atom. The van der Waals surface area contributed by atoms with Crippen molar-refractivity contribution in [2.75, 3.05) is 5.32 Å². The number of anilines is 1. The number of nitrogens with one attached hydrogen (secondary N) is 1. The van der Waals surface area contributed by atoms with Crippen molar-refractivity contribution < 1.29 is 18.4 Å². The van der Waals surface area contributed by atoms with Gasteiger partial charge in [0, 0.05) is 17.3 Å². The molecule has 3 nitrogen and oxygen atoms in total. The van der Waals surface area contributed by atoms with E-state index in [1.54, 1.807) is 0 Å². The van der Waals surface area contributed by atoms with Crippen molar-refractivity contribution in [3.8, 4) is 0 Å². The molecule has 1 N–H and O–H groups in total. The number of amides is 1. The third-order valence-corrected chi connectivity index (χ3v) is 2.80. The van der Waals surface area contributed by atoms with Crippen LogP contribution in [0.25, 0.3) is 0 Å². The fourth-order valence-electron chi connectivity index (χ4n) is 1.67. The molecule has 0 unspecified atom stereocenters. The van der Waals surface area contributed by atoms with Gasteiger partial charge in [0.05, 0.1) is 5.56 Å². The molecular weight excluding hydrogens is 264 g/mol. The average Bonchev–Trinajstić information content (AvgIpc) is 2.43. The smallest absolute Gasteiger partial charge is 0.258 e. The maximum absolute atomic E-state index is 13.6. The van der Waals surface area contributed by atoms with Gasteiger partial charge in [-0.2, -0.15) is 0 Å². The van der Waals surface area contributed by atoms with Gasteiger partial charge in [0.2, 0.25) is 0 Å². The summed E-state index contributed by atoms with van der Waals surface area (Å²) >= 11 is 0. The summed E-state index contributed by atoms with van der Waals surface area (Å²) in [6.45, 7) is 1.45. The molecule has 2 aromatic carbocycles. The average molecular weight is 275 g/mol. The Hall–Kier alpha value is -2.56. The van der Waals surface area contributed by atoms with Gasteiger partial charge in [-0.05, 0) is 42.8 Å². The predicted molar refractivity (Wildman–Crippen MR) is 70.9 cm³/mol. The highest BCUT2D eigenvalue weighted by atomic mass is 19.1. The van der Waals surface area contributed by atoms with Crippen molar-refractivity contribution in [3.05, 3.63) is 64.7 Å². The van der Waals surface area contributed by atoms with Crippen LogP contribution in [0.4, 0.5) is 14.5 Å². The molecule has 20 heavy (non-hydrogen) atoms. The number of hydrogen-bond donors (Lipinski definition) is 1. The normalized spacial score (nSPS) is 10.2. The summed E-state index contributed by atoms with van der Waals surface area (Å²) < 4.78 is 26.7. The number of benzene rings is 2. The van der Waals surface area contributed by atoms with Crippen molar-refractivity contribution in [2.45, 2.75) is 6.92 Å². The maximum atomic E-state index is 13.6. The van der Waals surface area contributed by atoms with Crippen molar-refractivity contribution in [1.82, 2.24) is 0 Å². The standard InChI is InChI=1S/C15H11F2NO2/c1-9-6-12(14(17)7-13(9)16)15(20)18-11-4-2-10(8-19)3-5-11/h2-8H,1H3,(H,18,20). The molecule has 0 saturated carbocycles. The maximum Gasteiger partial charge on any atom is 0.258 e. The van der Waals surface area contributed by atoms with Crippen molar-refractivity contribution >= 4 is 17.9 Å². The summed E-state index contributed by atoms with van der Waals surface area (Å²) in [5, 5.41) is 2.48. The molecule has 2 rings (SSSR count). The van der Waals surface area contributed by atoms with E-state index in [1.165, 1.54) is 31.2 Å². The quantitative estimate of drug-likeness (QED) is 0.873. The van der Waals surface area contributed by atoms with E-state index in [2.05, 4.69) is 5.32 Å². The zero-order valence-electron chi connectivity index (χ0n) is 10.6. The number of aldehydes is 1. The lowest BCUT2D eigenvalue weighted by atomic mass is 10.1. The Bertz CT molecular complexity index is 666. The zero-order chi connectivity index (χ0) is 14.7. The second-order valence-corrected chi connectivity index (χ2v) is 4.28. The van der Waals surface area contributed by atoms with Crippen LogP contribution in [0.15, 0.2) is 36.4 Å². The number of rotatable bonds is 3. The lowest BCUT2D eigenvalue weighted by Gasteiger charge is -2.07. The molecule has 0 aliphatic rings. The molecule has 5 heteroatoms. The molecule has 0 bridgehead atoms. The Labute approximate surface area is 114 Å². The number of halogens is 2. The second kappa shape index (κ2) is 5.61. The Balaban J connectivity index is 2.23. The highest BCUT2D eigenvalue weighted by Crippen LogP contribution is 2.16. The van der Waals surface area contributed by atoms with Crippen LogP contribution in [0.5, 0.6) is 0 Å². The van der Waals surface area contributed by atoms with Crippen LogP contribution >= 0.6 is 0 Å². The summed E-state index contributed by atoms with van der Waals surface area (Å²) in [7, 11) is 0. The molecule has 0 aliphatic carbocycles. The number of carbonyl (C=O) groups excluding carboxylic acids is 2. The van der Waals surface area contributed by atoms with Gasteiger partial charge in [-0.15, -0.1) is 0 Å². The summed E-state index contributed by atoms with van der Waals surface area (Å²) in [6.07, 6.45) is 0.675. The van der Waals surface area contributed by atoms with Crippen molar-refractivity contribution in [2.24, 2.45) is 0 Å². The van der Waals surface area contributed by atoms with E-state index in [-0.39, 0.29) is 11.1 Å². The van der Waals surface area contributed by atoms with Crippen LogP contribution in [0.2, 0.25) is 0 Å². The lowest BCUT2D eigenvalue weighted by molar-refractivity contribution is 0.102. The van der Waals surface area contributed by atoms with E-state index < -0.39 is 17.5 Å². The minimum absolute atomic E-state index is 0.188. The first-order chi connectivity index (χ1) is 9.51. The highest BCUT2D eigenvalue weighted by Gasteiger charge is 2.14. The third-order valence-electron chi connectivity index (χ3n) is 2.80. The molecule has 0 atom stereocenters. The SMILES string of the molecule is Cc1cc(C(=O)Nc2ccc(C=O)cc2)c(F)cc1F. The van der Waals surface area contributed by atoms with Gasteiger partial charge in [0.15, 0.2) is 0 Å². The minimum atomic E-state index is -0.921. The van der Waals surface area contributed by atoms with Crippen molar-refractivity contribution in [3.63, 3.8) is 0 Å². The van der Waals surface area contributed by atoms with Gasteiger partial charge in [0.1, 0.15) is 17.9 Å². The van der Waals surface area contributed by atoms with E-state index in [1.807, 2.05) is 0 Å². The predicted octanol–water partition coefficient (Wildman–Crippen LogP) is 3.34. The molecule has 0 fully saturated rings. The van der Waals surface area contributed by atoms with E-state index in [9.17, 15) is 18.4 Å². The van der Waals surface area contributed by atoms with E-state index in [4.69, 9.17) is 0 Å². The largest absolute Gasteiger partial charge is 0.322 e. The van der Waals surface area contributed by atoms with Crippen molar-refractivity contribution in [1.29, 1.82) is 0 Å². The molecular formula is C15H11F2NO2. The van der Waals surface area contributed by atoms with Crippen LogP contribution in [0.3, 0.4) is 0 Å². The van der Waals surface area contributed by atoms with E-state index >= 15 is 0 Å². The molecule has 2 aromatic rings. The first-order valence-corrected chi connectivity index (χ1v) is 5.83. The Morgan fingerprint density at radius 3 is 2.35 bits per heavy atom. The van der Waals surface area contributed by atoms with Crippen LogP contribution in [0, 0.1) is 18.6 Å². The van der Waals surface area contributed by atoms with Gasteiger partial charge < -0.3 is 5.32 Å². The fraction of sp³-hybridized carbons (Fsp3) is 0.0667. The van der Waals surface area contributed by atoms with Crippen LogP contribution in [0.1, 0.15) is 26.3 Å². The molecule has 0 heterocycles. The third kappa shape index (κ3) is 2.88. The number of carbonyl (C=O) groups is 2. The molecule has 0 aromatic heterocycles. The fourth-order valence-corrected chi connectivity index (χ4v) is 1.67. The molecule has 102 valence electrons. The Morgan fingerprint density at radius 1 is 1.10 bits per heavy atom. The summed E-state index contributed by atoms with van der Waals surface area (Å²) in [5.41, 5.74) is 0.838. The minimum Gasteiger partial charge on any atom is -0.322 e. The molecule has 0 aliphatic heterocycles. The van der Waals surface area contributed by atoms with Crippen LogP contribution < -0.4 is 5.32 Å². The van der Waals surface area contributed by atoms with E-state index in [0.717, 1.165) is 6.07 Å². The second-order valence-electron chi connectivity index (χ2n) is 4.28. The molecule has 0 radical (unpaired) electrons.